The number of rotatable bonds is 0. The van der Waals surface area contributed by atoms with Gasteiger partial charge >= 0.3 is 0 Å². The van der Waals surface area contributed by atoms with Crippen molar-refractivity contribution >= 4 is 0 Å². The summed E-state index contributed by atoms with van der Waals surface area (Å²) in [4.78, 5) is 0. The monoisotopic (exact) mass is 322 g/mol. The van der Waals surface area contributed by atoms with Crippen molar-refractivity contribution in [1.82, 2.24) is 0 Å². The number of allylic oxidation sites excluding steroid dienone is 1. The van der Waals surface area contributed by atoms with Crippen molar-refractivity contribution in [1.29, 1.82) is 0 Å². The van der Waals surface area contributed by atoms with E-state index in [1.165, 1.54) is 12.8 Å². The van der Waals surface area contributed by atoms with Crippen LogP contribution in [0.5, 0.6) is 0 Å². The Hall–Kier alpha value is -0.260. The molecule has 2 spiro atoms. The highest BCUT2D eigenvalue weighted by atomic mass is 15.0. The summed E-state index contributed by atoms with van der Waals surface area (Å²) in [7, 11) is 0. The van der Waals surface area contributed by atoms with Crippen molar-refractivity contribution in [3.63, 3.8) is 0 Å². The normalized spacial score (nSPS) is 81.3. The molecule has 10 saturated carbocycles. The maximum atomic E-state index is 4.86. The largest absolute Gasteiger partial charge is 0.0990 e. The molecule has 0 nitrogen and oxygen atoms in total. The van der Waals surface area contributed by atoms with Gasteiger partial charge in [0, 0.05) is 0 Å². The zero-order valence-corrected chi connectivity index (χ0v) is 16.4. The molecule has 0 aromatic carbocycles. The maximum absolute atomic E-state index is 4.86. The fourth-order valence-electron chi connectivity index (χ4n) is 13.4. The molecule has 0 heteroatoms. The summed E-state index contributed by atoms with van der Waals surface area (Å²) in [6.07, 6.45) is 4.59. The van der Waals surface area contributed by atoms with E-state index in [0.29, 0.717) is 21.7 Å². The molecular weight excluding hydrogens is 288 g/mol. The van der Waals surface area contributed by atoms with E-state index in [1.54, 1.807) is 12.0 Å². The Morgan fingerprint density at radius 2 is 1.67 bits per heavy atom. The van der Waals surface area contributed by atoms with Crippen LogP contribution < -0.4 is 0 Å². The van der Waals surface area contributed by atoms with Gasteiger partial charge in [-0.15, -0.1) is 0 Å². The first-order chi connectivity index (χ1) is 11.2. The third kappa shape index (κ3) is 0.698. The molecule has 0 aromatic heterocycles. The van der Waals surface area contributed by atoms with Crippen LogP contribution in [0.1, 0.15) is 60.8 Å². The third-order valence-corrected chi connectivity index (χ3v) is 13.8. The highest BCUT2D eigenvalue weighted by Gasteiger charge is 3.01. The van der Waals surface area contributed by atoms with Gasteiger partial charge in [0.05, 0.1) is 0 Å². The van der Waals surface area contributed by atoms with Crippen molar-refractivity contribution < 1.29 is 0 Å². The predicted molar refractivity (Wildman–Crippen MR) is 97.1 cm³/mol. The van der Waals surface area contributed by atoms with E-state index in [9.17, 15) is 0 Å². The minimum atomic E-state index is 0.415. The Balaban J connectivity index is 1.69. The highest BCUT2D eigenvalue weighted by molar-refractivity contribution is 5.52. The van der Waals surface area contributed by atoms with Crippen molar-refractivity contribution in [2.24, 2.45) is 74.4 Å². The minimum absolute atomic E-state index is 0.415. The first kappa shape index (κ1) is 13.9. The van der Waals surface area contributed by atoms with E-state index in [4.69, 9.17) is 6.58 Å². The summed E-state index contributed by atoms with van der Waals surface area (Å²) in [6, 6.07) is 0. The van der Waals surface area contributed by atoms with Gasteiger partial charge in [0.1, 0.15) is 0 Å². The van der Waals surface area contributed by atoms with Gasteiger partial charge in [-0.3, -0.25) is 0 Å². The van der Waals surface area contributed by atoms with Crippen LogP contribution >= 0.6 is 0 Å². The lowest BCUT2D eigenvalue weighted by Crippen LogP contribution is -2.74. The molecule has 0 aliphatic heterocycles. The molecule has 0 aromatic rings. The average molecular weight is 323 g/mol. The van der Waals surface area contributed by atoms with E-state index >= 15 is 0 Å². The Morgan fingerprint density at radius 1 is 0.958 bits per heavy atom. The van der Waals surface area contributed by atoms with Gasteiger partial charge in [0.25, 0.3) is 0 Å². The predicted octanol–water partition coefficient (Wildman–Crippen LogP) is 5.79. The van der Waals surface area contributed by atoms with Gasteiger partial charge in [-0.05, 0) is 93.7 Å². The van der Waals surface area contributed by atoms with Crippen LogP contribution in [0.3, 0.4) is 0 Å². The molecule has 0 amide bonds. The lowest BCUT2D eigenvalue weighted by Gasteiger charge is -2.80. The molecule has 130 valence electrons. The Labute approximate surface area is 147 Å². The average Bonchev–Trinajstić information content (AvgIpc) is 2.79. The van der Waals surface area contributed by atoms with Crippen molar-refractivity contribution in [2.45, 2.75) is 60.8 Å². The lowest BCUT2D eigenvalue weighted by atomic mass is 9.24. The molecule has 0 heterocycles. The van der Waals surface area contributed by atoms with Crippen LogP contribution in [-0.4, -0.2) is 0 Å². The Morgan fingerprint density at radius 3 is 2.38 bits per heavy atom. The summed E-state index contributed by atoms with van der Waals surface area (Å²) >= 11 is 0. The summed E-state index contributed by atoms with van der Waals surface area (Å²) in [5.41, 5.74) is 4.61. The molecule has 10 aliphatic carbocycles. The summed E-state index contributed by atoms with van der Waals surface area (Å²) < 4.78 is 0. The van der Waals surface area contributed by atoms with Crippen LogP contribution in [0.2, 0.25) is 0 Å². The van der Waals surface area contributed by atoms with Gasteiger partial charge in [-0.1, -0.05) is 53.7 Å². The van der Waals surface area contributed by atoms with E-state index < -0.39 is 0 Å². The van der Waals surface area contributed by atoms with E-state index in [0.717, 1.165) is 52.8 Å². The molecule has 0 radical (unpaired) electrons. The van der Waals surface area contributed by atoms with Gasteiger partial charge in [-0.2, -0.15) is 0 Å². The van der Waals surface area contributed by atoms with Crippen molar-refractivity contribution in [2.75, 3.05) is 0 Å². The van der Waals surface area contributed by atoms with Gasteiger partial charge < -0.3 is 0 Å². The molecule has 10 fully saturated rings. The summed E-state index contributed by atoms with van der Waals surface area (Å²) in [6.45, 7) is 21.1. The highest BCUT2D eigenvalue weighted by Crippen LogP contribution is 3.06. The fraction of sp³-hybridized carbons (Fsp3) is 0.917. The molecule has 10 aliphatic rings. The first-order valence-corrected chi connectivity index (χ1v) is 10.9. The van der Waals surface area contributed by atoms with Crippen LogP contribution in [0.4, 0.5) is 0 Å². The van der Waals surface area contributed by atoms with E-state index in [-0.39, 0.29) is 0 Å². The standard InChI is InChI=1S/C24H34/c1-11-15-8-16-13(3)23-10-20(5,12(15)2)22(23,7)21(6)14(4)19(11)17-9-18(23)24(16,17)21/h11,13-19H,2,8-10H2,1,3-7H3. The van der Waals surface area contributed by atoms with E-state index in [1.807, 2.05) is 0 Å². The molecule has 8 bridgehead atoms. The number of hydrogen-bond acceptors (Lipinski definition) is 0. The van der Waals surface area contributed by atoms with Gasteiger partial charge in [-0.25, -0.2) is 0 Å². The second kappa shape index (κ2) is 3.01. The minimum Gasteiger partial charge on any atom is -0.0990 e. The van der Waals surface area contributed by atoms with Gasteiger partial charge in [0.15, 0.2) is 0 Å². The summed E-state index contributed by atoms with van der Waals surface area (Å²) in [5, 5.41) is 0. The molecular formula is C24H34. The lowest BCUT2D eigenvalue weighted by molar-refractivity contribution is -0.298. The topological polar surface area (TPSA) is 0 Å². The van der Waals surface area contributed by atoms with E-state index in [2.05, 4.69) is 41.5 Å². The molecule has 24 heavy (non-hydrogen) atoms. The maximum Gasteiger partial charge on any atom is -0.00457 e. The van der Waals surface area contributed by atoms with Crippen LogP contribution in [0, 0.1) is 74.4 Å². The molecule has 0 saturated heterocycles. The smallest absolute Gasteiger partial charge is 0.00457 e. The molecule has 13 atom stereocenters. The Bertz CT molecular complexity index is 747. The zero-order valence-electron chi connectivity index (χ0n) is 16.4. The first-order valence-electron chi connectivity index (χ1n) is 10.9. The van der Waals surface area contributed by atoms with Crippen molar-refractivity contribution in [3.8, 4) is 0 Å². The summed E-state index contributed by atoms with van der Waals surface area (Å²) in [5.74, 6) is 7.74. The Kier molecular flexibility index (Phi) is 1.74. The van der Waals surface area contributed by atoms with Crippen LogP contribution in [0.25, 0.3) is 0 Å². The fourth-order valence-corrected chi connectivity index (χ4v) is 13.4. The SMILES string of the molecule is C=C1C2CC3C(C)C45CC1(C)C4(C)C1(C)C(C)C(C2C)C2CC5C231. The second-order valence-electron chi connectivity index (χ2n) is 12.2. The number of hydrogen-bond donors (Lipinski definition) is 0. The second-order valence-corrected chi connectivity index (χ2v) is 12.2. The molecule has 10 rings (SSSR count). The third-order valence-electron chi connectivity index (χ3n) is 13.8. The molecule has 0 N–H and O–H groups in total. The van der Waals surface area contributed by atoms with Gasteiger partial charge in [0.2, 0.25) is 0 Å². The quantitative estimate of drug-likeness (QED) is 0.495. The zero-order chi connectivity index (χ0) is 16.8. The van der Waals surface area contributed by atoms with Crippen molar-refractivity contribution in [3.05, 3.63) is 12.2 Å². The molecule has 13 unspecified atom stereocenters. The van der Waals surface area contributed by atoms with Crippen LogP contribution in [0.15, 0.2) is 12.2 Å². The van der Waals surface area contributed by atoms with Crippen LogP contribution in [-0.2, 0) is 0 Å².